The lowest BCUT2D eigenvalue weighted by molar-refractivity contribution is -0.145. The van der Waals surface area contributed by atoms with Crippen LogP contribution >= 0.6 is 0 Å². The Hall–Kier alpha value is -1.30. The molecular formula is C14H24N2O4. The molecule has 0 aromatic heterocycles. The van der Waals surface area contributed by atoms with Crippen molar-refractivity contribution in [3.63, 3.8) is 0 Å². The van der Waals surface area contributed by atoms with Crippen LogP contribution in [-0.4, -0.2) is 53.3 Å². The van der Waals surface area contributed by atoms with Crippen molar-refractivity contribution in [1.82, 2.24) is 10.2 Å². The third-order valence-electron chi connectivity index (χ3n) is 4.32. The number of carboxylic acids is 1. The Balaban J connectivity index is 1.97. The van der Waals surface area contributed by atoms with Crippen LogP contribution in [0.25, 0.3) is 0 Å². The van der Waals surface area contributed by atoms with Gasteiger partial charge in [0.25, 0.3) is 0 Å². The smallest absolute Gasteiger partial charge is 0.326 e. The molecule has 0 aromatic carbocycles. The molecule has 2 rings (SSSR count). The Morgan fingerprint density at radius 1 is 1.35 bits per heavy atom. The molecule has 0 aromatic rings. The van der Waals surface area contributed by atoms with Crippen LogP contribution in [0, 0.1) is 5.92 Å². The number of carbonyl (C=O) groups is 2. The van der Waals surface area contributed by atoms with Crippen LogP contribution in [0.4, 0.5) is 4.79 Å². The number of likely N-dealkylation sites (tertiary alicyclic amines) is 1. The van der Waals surface area contributed by atoms with Gasteiger partial charge in [-0.3, -0.25) is 0 Å². The molecule has 6 heteroatoms. The molecule has 2 saturated heterocycles. The number of nitrogens with zero attached hydrogens (tertiary/aromatic N) is 1. The molecule has 2 N–H and O–H groups in total. The summed E-state index contributed by atoms with van der Waals surface area (Å²) in [6.45, 7) is 5.05. The van der Waals surface area contributed by atoms with Gasteiger partial charge in [-0.15, -0.1) is 0 Å². The van der Waals surface area contributed by atoms with Crippen molar-refractivity contribution in [3.8, 4) is 0 Å². The van der Waals surface area contributed by atoms with Crippen LogP contribution in [0.3, 0.4) is 0 Å². The van der Waals surface area contributed by atoms with Crippen molar-refractivity contribution < 1.29 is 19.4 Å². The zero-order chi connectivity index (χ0) is 14.7. The minimum absolute atomic E-state index is 0.00923. The van der Waals surface area contributed by atoms with Gasteiger partial charge in [0.05, 0.1) is 12.1 Å². The largest absolute Gasteiger partial charge is 0.480 e. The first-order valence-electron chi connectivity index (χ1n) is 7.42. The summed E-state index contributed by atoms with van der Waals surface area (Å²) >= 11 is 0. The number of hydrogen-bond acceptors (Lipinski definition) is 3. The number of piperidine rings is 1. The number of hydrogen-bond donors (Lipinski definition) is 2. The van der Waals surface area contributed by atoms with E-state index in [2.05, 4.69) is 5.32 Å². The maximum Gasteiger partial charge on any atom is 0.326 e. The number of carboxylic acid groups (broad SMARTS) is 1. The summed E-state index contributed by atoms with van der Waals surface area (Å²) in [5, 5.41) is 12.2. The normalized spacial score (nSPS) is 31.9. The molecule has 0 saturated carbocycles. The summed E-state index contributed by atoms with van der Waals surface area (Å²) in [5.74, 6) is -0.929. The van der Waals surface area contributed by atoms with Crippen molar-refractivity contribution in [2.24, 2.45) is 5.92 Å². The molecule has 0 radical (unpaired) electrons. The first kappa shape index (κ1) is 15.1. The maximum atomic E-state index is 12.3. The van der Waals surface area contributed by atoms with Gasteiger partial charge in [-0.25, -0.2) is 9.59 Å². The second-order valence-corrected chi connectivity index (χ2v) is 5.89. The zero-order valence-corrected chi connectivity index (χ0v) is 12.2. The van der Waals surface area contributed by atoms with Gasteiger partial charge < -0.3 is 20.1 Å². The zero-order valence-electron chi connectivity index (χ0n) is 12.2. The number of urea groups is 1. The third kappa shape index (κ3) is 3.23. The summed E-state index contributed by atoms with van der Waals surface area (Å²) in [5.41, 5.74) is 0. The van der Waals surface area contributed by atoms with Gasteiger partial charge in [-0.1, -0.05) is 6.92 Å². The SMILES string of the molecule is CC1CCCN(C(=O)NC(C)C2CCCO2)C1C(=O)O. The van der Waals surface area contributed by atoms with E-state index in [0.29, 0.717) is 6.54 Å². The number of rotatable bonds is 3. The molecule has 0 aliphatic carbocycles. The minimum Gasteiger partial charge on any atom is -0.480 e. The van der Waals surface area contributed by atoms with E-state index in [4.69, 9.17) is 4.74 Å². The van der Waals surface area contributed by atoms with Crippen LogP contribution in [0.2, 0.25) is 0 Å². The van der Waals surface area contributed by atoms with Crippen molar-refractivity contribution in [2.45, 2.75) is 57.7 Å². The number of amides is 2. The lowest BCUT2D eigenvalue weighted by atomic mass is 9.91. The highest BCUT2D eigenvalue weighted by molar-refractivity contribution is 5.83. The molecule has 2 aliphatic heterocycles. The second kappa shape index (κ2) is 6.43. The Morgan fingerprint density at radius 2 is 2.10 bits per heavy atom. The highest BCUT2D eigenvalue weighted by Crippen LogP contribution is 2.24. The predicted octanol–water partition coefficient (Wildman–Crippen LogP) is 1.45. The van der Waals surface area contributed by atoms with Crippen LogP contribution in [0.5, 0.6) is 0 Å². The lowest BCUT2D eigenvalue weighted by Crippen LogP contribution is -2.57. The molecule has 2 aliphatic rings. The molecule has 4 atom stereocenters. The Morgan fingerprint density at radius 3 is 2.70 bits per heavy atom. The quantitative estimate of drug-likeness (QED) is 0.822. The van der Waals surface area contributed by atoms with Crippen molar-refractivity contribution in [3.05, 3.63) is 0 Å². The van der Waals surface area contributed by atoms with Gasteiger partial charge in [0, 0.05) is 13.2 Å². The van der Waals surface area contributed by atoms with Gasteiger partial charge in [-0.05, 0) is 38.5 Å². The average Bonchev–Trinajstić information content (AvgIpc) is 2.91. The summed E-state index contributed by atoms with van der Waals surface area (Å²) in [6, 6.07) is -1.09. The van der Waals surface area contributed by atoms with Crippen LogP contribution in [-0.2, 0) is 9.53 Å². The summed E-state index contributed by atoms with van der Waals surface area (Å²) in [7, 11) is 0. The van der Waals surface area contributed by atoms with Crippen LogP contribution < -0.4 is 5.32 Å². The van der Waals surface area contributed by atoms with Gasteiger partial charge in [0.2, 0.25) is 0 Å². The van der Waals surface area contributed by atoms with Crippen LogP contribution in [0.1, 0.15) is 39.5 Å². The maximum absolute atomic E-state index is 12.3. The van der Waals surface area contributed by atoms with E-state index >= 15 is 0 Å². The number of aliphatic carboxylic acids is 1. The molecule has 0 spiro atoms. The molecule has 20 heavy (non-hydrogen) atoms. The van der Waals surface area contributed by atoms with Gasteiger partial charge in [-0.2, -0.15) is 0 Å². The molecular weight excluding hydrogens is 260 g/mol. The fourth-order valence-corrected chi connectivity index (χ4v) is 3.16. The number of carbonyl (C=O) groups excluding carboxylic acids is 1. The molecule has 2 amide bonds. The van der Waals surface area contributed by atoms with Gasteiger partial charge >= 0.3 is 12.0 Å². The van der Waals surface area contributed by atoms with E-state index in [0.717, 1.165) is 32.3 Å². The fourth-order valence-electron chi connectivity index (χ4n) is 3.16. The van der Waals surface area contributed by atoms with E-state index in [1.165, 1.54) is 4.90 Å². The third-order valence-corrected chi connectivity index (χ3v) is 4.32. The molecule has 6 nitrogen and oxygen atoms in total. The standard InChI is InChI=1S/C14H24N2O4/c1-9-5-3-7-16(12(9)13(17)18)14(19)15-10(2)11-6-4-8-20-11/h9-12H,3-8H2,1-2H3,(H,15,19)(H,17,18). The highest BCUT2D eigenvalue weighted by atomic mass is 16.5. The Kier molecular flexibility index (Phi) is 4.86. The van der Waals surface area contributed by atoms with E-state index in [-0.39, 0.29) is 24.1 Å². The van der Waals surface area contributed by atoms with Crippen molar-refractivity contribution in [2.75, 3.05) is 13.2 Å². The Labute approximate surface area is 119 Å². The summed E-state index contributed by atoms with van der Waals surface area (Å²) in [6.07, 6.45) is 3.71. The van der Waals surface area contributed by atoms with Gasteiger partial charge in [0.15, 0.2) is 0 Å². The molecule has 0 bridgehead atoms. The lowest BCUT2D eigenvalue weighted by Gasteiger charge is -2.38. The molecule has 114 valence electrons. The average molecular weight is 284 g/mol. The molecule has 4 unspecified atom stereocenters. The first-order valence-corrected chi connectivity index (χ1v) is 7.42. The fraction of sp³-hybridized carbons (Fsp3) is 0.857. The predicted molar refractivity (Wildman–Crippen MR) is 73.5 cm³/mol. The van der Waals surface area contributed by atoms with E-state index in [1.54, 1.807) is 0 Å². The van der Waals surface area contributed by atoms with Crippen molar-refractivity contribution in [1.29, 1.82) is 0 Å². The Bertz CT molecular complexity index is 368. The monoisotopic (exact) mass is 284 g/mol. The molecule has 2 heterocycles. The minimum atomic E-state index is -0.919. The van der Waals surface area contributed by atoms with Crippen LogP contribution in [0.15, 0.2) is 0 Å². The summed E-state index contributed by atoms with van der Waals surface area (Å²) < 4.78 is 5.55. The van der Waals surface area contributed by atoms with E-state index in [9.17, 15) is 14.7 Å². The topological polar surface area (TPSA) is 78.9 Å². The molecule has 2 fully saturated rings. The van der Waals surface area contributed by atoms with Gasteiger partial charge in [0.1, 0.15) is 6.04 Å². The number of ether oxygens (including phenoxy) is 1. The first-order chi connectivity index (χ1) is 9.50. The summed E-state index contributed by atoms with van der Waals surface area (Å²) in [4.78, 5) is 25.2. The van der Waals surface area contributed by atoms with E-state index in [1.807, 2.05) is 13.8 Å². The highest BCUT2D eigenvalue weighted by Gasteiger charge is 2.38. The van der Waals surface area contributed by atoms with Crippen molar-refractivity contribution >= 4 is 12.0 Å². The second-order valence-electron chi connectivity index (χ2n) is 5.89. The van der Waals surface area contributed by atoms with E-state index < -0.39 is 12.0 Å². The number of nitrogens with one attached hydrogen (secondary N) is 1.